The van der Waals surface area contributed by atoms with E-state index in [2.05, 4.69) is 27.0 Å². The molecule has 6 heteroatoms. The van der Waals surface area contributed by atoms with Crippen LogP contribution >= 0.6 is 23.1 Å². The molecule has 0 bridgehead atoms. The highest BCUT2D eigenvalue weighted by Crippen LogP contribution is 2.27. The molecule has 2 aromatic carbocycles. The van der Waals surface area contributed by atoms with E-state index in [-0.39, 0.29) is 5.15 Å². The van der Waals surface area contributed by atoms with Gasteiger partial charge in [0.2, 0.25) is 0 Å². The van der Waals surface area contributed by atoms with E-state index < -0.39 is 0 Å². The van der Waals surface area contributed by atoms with Crippen LogP contribution in [0.5, 0.6) is 0 Å². The largest absolute Gasteiger partial charge is 0.266 e. The van der Waals surface area contributed by atoms with Crippen molar-refractivity contribution in [2.24, 2.45) is 5.10 Å². The van der Waals surface area contributed by atoms with Gasteiger partial charge in [0, 0.05) is 5.56 Å². The van der Waals surface area contributed by atoms with E-state index in [0.717, 1.165) is 27.9 Å². The van der Waals surface area contributed by atoms with Gasteiger partial charge in [-0.2, -0.15) is 14.7 Å². The third-order valence-corrected chi connectivity index (χ3v) is 4.08. The van der Waals surface area contributed by atoms with E-state index in [9.17, 15) is 0 Å². The number of benzene rings is 2. The first kappa shape index (κ1) is 13.6. The van der Waals surface area contributed by atoms with Crippen molar-refractivity contribution >= 4 is 45.1 Å². The number of anilines is 1. The zero-order valence-corrected chi connectivity index (χ0v) is 12.3. The number of nitrogens with one attached hydrogen (secondary N) is 1. The third-order valence-electron chi connectivity index (χ3n) is 2.96. The summed E-state index contributed by atoms with van der Waals surface area (Å²) in [6.07, 6.45) is 1.72. The topological polar surface area (TPSA) is 61.1 Å². The monoisotopic (exact) mass is 312 g/mol. The maximum Gasteiger partial charge on any atom is 0.162 e. The quantitative estimate of drug-likeness (QED) is 0.580. The number of nitriles is 1. The number of halogens is 1. The summed E-state index contributed by atoms with van der Waals surface area (Å²) in [6.45, 7) is 0. The minimum absolute atomic E-state index is 0.199. The molecule has 102 valence electrons. The lowest BCUT2D eigenvalue weighted by molar-refractivity contribution is 1.37. The Hall–Kier alpha value is -2.42. The van der Waals surface area contributed by atoms with Crippen LogP contribution in [-0.2, 0) is 0 Å². The van der Waals surface area contributed by atoms with Gasteiger partial charge in [-0.15, -0.1) is 0 Å². The van der Waals surface area contributed by atoms with Gasteiger partial charge in [0.15, 0.2) is 5.15 Å². The van der Waals surface area contributed by atoms with Crippen molar-refractivity contribution in [2.45, 2.75) is 0 Å². The van der Waals surface area contributed by atoms with Crippen LogP contribution in [0.4, 0.5) is 5.00 Å². The summed E-state index contributed by atoms with van der Waals surface area (Å²) >= 11 is 6.91. The van der Waals surface area contributed by atoms with E-state index >= 15 is 0 Å². The Bertz CT molecular complexity index is 858. The van der Waals surface area contributed by atoms with Gasteiger partial charge >= 0.3 is 0 Å². The Morgan fingerprint density at radius 1 is 1.24 bits per heavy atom. The first-order valence-corrected chi connectivity index (χ1v) is 7.27. The Balaban J connectivity index is 1.87. The van der Waals surface area contributed by atoms with Crippen molar-refractivity contribution in [2.75, 3.05) is 5.43 Å². The summed E-state index contributed by atoms with van der Waals surface area (Å²) in [5.74, 6) is 0. The minimum atomic E-state index is 0.199. The number of aromatic nitrogens is 1. The van der Waals surface area contributed by atoms with Crippen molar-refractivity contribution in [3.63, 3.8) is 0 Å². The SMILES string of the molecule is N#Cc1c(Cl)nsc1N/N=C/c1cccc2ccccc12. The van der Waals surface area contributed by atoms with Gasteiger partial charge in [0.25, 0.3) is 0 Å². The normalized spacial score (nSPS) is 10.9. The molecule has 3 rings (SSSR count). The molecule has 0 fully saturated rings. The summed E-state index contributed by atoms with van der Waals surface area (Å²) in [5, 5.41) is 16.2. The van der Waals surface area contributed by atoms with Gasteiger partial charge in [0.1, 0.15) is 16.6 Å². The predicted molar refractivity (Wildman–Crippen MR) is 87.0 cm³/mol. The lowest BCUT2D eigenvalue weighted by Crippen LogP contribution is -1.91. The minimum Gasteiger partial charge on any atom is -0.266 e. The maximum atomic E-state index is 8.99. The molecule has 0 unspecified atom stereocenters. The van der Waals surface area contributed by atoms with Crippen molar-refractivity contribution in [3.8, 4) is 6.07 Å². The maximum absolute atomic E-state index is 8.99. The molecule has 0 saturated carbocycles. The molecule has 0 spiro atoms. The number of hydrogen-bond donors (Lipinski definition) is 1. The molecular formula is C15H9ClN4S. The zero-order valence-electron chi connectivity index (χ0n) is 10.7. The molecule has 0 aliphatic heterocycles. The number of hydrazone groups is 1. The lowest BCUT2D eigenvalue weighted by Gasteiger charge is -2.01. The molecule has 21 heavy (non-hydrogen) atoms. The second-order valence-corrected chi connectivity index (χ2v) is 5.36. The molecule has 0 atom stereocenters. The van der Waals surface area contributed by atoms with Crippen molar-refractivity contribution in [3.05, 3.63) is 58.7 Å². The fraction of sp³-hybridized carbons (Fsp3) is 0. The van der Waals surface area contributed by atoms with Gasteiger partial charge in [-0.05, 0) is 22.3 Å². The molecule has 3 aromatic rings. The smallest absolute Gasteiger partial charge is 0.162 e. The molecular weight excluding hydrogens is 304 g/mol. The Kier molecular flexibility index (Phi) is 3.82. The fourth-order valence-electron chi connectivity index (χ4n) is 1.97. The van der Waals surface area contributed by atoms with Crippen molar-refractivity contribution < 1.29 is 0 Å². The van der Waals surface area contributed by atoms with E-state index in [1.54, 1.807) is 6.21 Å². The van der Waals surface area contributed by atoms with Crippen LogP contribution in [-0.4, -0.2) is 10.6 Å². The molecule has 0 aliphatic carbocycles. The summed E-state index contributed by atoms with van der Waals surface area (Å²) in [5.41, 5.74) is 4.13. The fourth-order valence-corrected chi connectivity index (χ4v) is 2.85. The number of rotatable bonds is 3. The predicted octanol–water partition coefficient (Wildman–Crippen LogP) is 4.27. The highest BCUT2D eigenvalue weighted by Gasteiger charge is 2.10. The molecule has 0 radical (unpaired) electrons. The van der Waals surface area contributed by atoms with Gasteiger partial charge in [-0.3, -0.25) is 5.43 Å². The highest BCUT2D eigenvalue weighted by molar-refractivity contribution is 7.10. The second-order valence-electron chi connectivity index (χ2n) is 4.23. The van der Waals surface area contributed by atoms with Crippen LogP contribution in [0.3, 0.4) is 0 Å². The summed E-state index contributed by atoms with van der Waals surface area (Å²) in [7, 11) is 0. The van der Waals surface area contributed by atoms with E-state index in [1.807, 2.05) is 36.4 Å². The van der Waals surface area contributed by atoms with Gasteiger partial charge in [-0.1, -0.05) is 54.1 Å². The average molecular weight is 313 g/mol. The second kappa shape index (κ2) is 5.92. The molecule has 1 aromatic heterocycles. The van der Waals surface area contributed by atoms with Crippen LogP contribution in [0.25, 0.3) is 10.8 Å². The molecule has 0 aliphatic rings. The van der Waals surface area contributed by atoms with Gasteiger partial charge < -0.3 is 0 Å². The van der Waals surface area contributed by atoms with E-state index in [1.165, 1.54) is 0 Å². The van der Waals surface area contributed by atoms with E-state index in [0.29, 0.717) is 10.6 Å². The number of fused-ring (bicyclic) bond motifs is 1. The van der Waals surface area contributed by atoms with Crippen molar-refractivity contribution in [1.29, 1.82) is 5.26 Å². The van der Waals surface area contributed by atoms with Crippen LogP contribution in [0.1, 0.15) is 11.1 Å². The first-order chi connectivity index (χ1) is 10.3. The van der Waals surface area contributed by atoms with Gasteiger partial charge in [0.05, 0.1) is 6.21 Å². The summed E-state index contributed by atoms with van der Waals surface area (Å²) in [4.78, 5) is 0. The Labute approximate surface area is 130 Å². The Morgan fingerprint density at radius 3 is 2.90 bits per heavy atom. The molecule has 0 saturated heterocycles. The highest BCUT2D eigenvalue weighted by atomic mass is 35.5. The van der Waals surface area contributed by atoms with Crippen LogP contribution in [0.15, 0.2) is 47.6 Å². The zero-order chi connectivity index (χ0) is 14.7. The number of hydrogen-bond acceptors (Lipinski definition) is 5. The molecule has 0 amide bonds. The van der Waals surface area contributed by atoms with Crippen LogP contribution in [0.2, 0.25) is 5.15 Å². The van der Waals surface area contributed by atoms with Crippen molar-refractivity contribution in [1.82, 2.24) is 4.37 Å². The third kappa shape index (κ3) is 2.72. The lowest BCUT2D eigenvalue weighted by atomic mass is 10.1. The molecule has 4 nitrogen and oxygen atoms in total. The summed E-state index contributed by atoms with van der Waals surface area (Å²) in [6, 6.07) is 16.1. The van der Waals surface area contributed by atoms with Gasteiger partial charge in [-0.25, -0.2) is 0 Å². The van der Waals surface area contributed by atoms with E-state index in [4.69, 9.17) is 16.9 Å². The molecule has 1 N–H and O–H groups in total. The average Bonchev–Trinajstić information content (AvgIpc) is 2.87. The standard InChI is InChI=1S/C15H9ClN4S/c16-14-13(8-17)15(21-20-14)19-18-9-11-6-3-5-10-4-1-2-7-12(10)11/h1-7,9,19H/b18-9+. The summed E-state index contributed by atoms with van der Waals surface area (Å²) < 4.78 is 3.91. The number of nitrogens with zero attached hydrogens (tertiary/aromatic N) is 3. The van der Waals surface area contributed by atoms with Crippen LogP contribution < -0.4 is 5.43 Å². The molecule has 1 heterocycles. The van der Waals surface area contributed by atoms with Crippen LogP contribution in [0, 0.1) is 11.3 Å². The first-order valence-electron chi connectivity index (χ1n) is 6.11. The Morgan fingerprint density at radius 2 is 2.05 bits per heavy atom.